The molecule has 1 fully saturated rings. The molecule has 4 rings (SSSR count). The van der Waals surface area contributed by atoms with Crippen LogP contribution in [-0.2, 0) is 16.4 Å². The molecule has 1 saturated heterocycles. The van der Waals surface area contributed by atoms with Gasteiger partial charge in [-0.15, -0.1) is 12.4 Å². The van der Waals surface area contributed by atoms with Crippen molar-refractivity contribution in [3.8, 4) is 11.5 Å². The van der Waals surface area contributed by atoms with Crippen molar-refractivity contribution in [2.24, 2.45) is 0 Å². The van der Waals surface area contributed by atoms with Gasteiger partial charge in [-0.2, -0.15) is 4.98 Å². The van der Waals surface area contributed by atoms with Crippen LogP contribution in [0.4, 0.5) is 5.69 Å². The van der Waals surface area contributed by atoms with Crippen LogP contribution in [0.5, 0.6) is 0 Å². The first-order valence-corrected chi connectivity index (χ1v) is 10.1. The standard InChI is InChI=1S/C16H21N5O3S.ClH/c1-20-8-6-17-10-14(20)15-18-16(24-19-15)12-3-4-13-11(9-12)5-7-21(13)25(2,22)23;/h3-4,9,14,17H,5-8,10H2,1-2H3;1H. The molecule has 0 aliphatic carbocycles. The number of halogens is 1. The van der Waals surface area contributed by atoms with Crippen molar-refractivity contribution in [3.05, 3.63) is 29.6 Å². The molecule has 1 aromatic carbocycles. The van der Waals surface area contributed by atoms with E-state index < -0.39 is 10.0 Å². The molecule has 0 bridgehead atoms. The fraction of sp³-hybridized carbons (Fsp3) is 0.500. The maximum atomic E-state index is 11.8. The van der Waals surface area contributed by atoms with E-state index in [2.05, 4.69) is 27.4 Å². The molecule has 2 aromatic rings. The molecule has 1 atom stereocenters. The number of nitrogens with one attached hydrogen (secondary N) is 1. The summed E-state index contributed by atoms with van der Waals surface area (Å²) >= 11 is 0. The molecule has 1 unspecified atom stereocenters. The van der Waals surface area contributed by atoms with Crippen LogP contribution in [0.2, 0.25) is 0 Å². The molecule has 2 aliphatic rings. The highest BCUT2D eigenvalue weighted by atomic mass is 35.5. The molecule has 26 heavy (non-hydrogen) atoms. The van der Waals surface area contributed by atoms with Crippen LogP contribution < -0.4 is 9.62 Å². The first kappa shape index (κ1) is 19.1. The number of hydrogen-bond acceptors (Lipinski definition) is 7. The number of nitrogens with zero attached hydrogens (tertiary/aromatic N) is 4. The molecular formula is C16H22ClN5O3S. The Morgan fingerprint density at radius 1 is 1.31 bits per heavy atom. The summed E-state index contributed by atoms with van der Waals surface area (Å²) in [5.74, 6) is 1.14. The Morgan fingerprint density at radius 2 is 2.12 bits per heavy atom. The lowest BCUT2D eigenvalue weighted by Gasteiger charge is -2.30. The predicted molar refractivity (Wildman–Crippen MR) is 101 cm³/mol. The van der Waals surface area contributed by atoms with Crippen LogP contribution >= 0.6 is 12.4 Å². The fourth-order valence-corrected chi connectivity index (χ4v) is 4.39. The number of hydrogen-bond donors (Lipinski definition) is 1. The highest BCUT2D eigenvalue weighted by Crippen LogP contribution is 2.33. The van der Waals surface area contributed by atoms with Gasteiger partial charge < -0.3 is 9.84 Å². The van der Waals surface area contributed by atoms with Gasteiger partial charge in [-0.25, -0.2) is 8.42 Å². The van der Waals surface area contributed by atoms with Crippen LogP contribution in [0.25, 0.3) is 11.5 Å². The smallest absolute Gasteiger partial charge is 0.257 e. The van der Waals surface area contributed by atoms with Gasteiger partial charge in [-0.05, 0) is 37.2 Å². The Labute approximate surface area is 159 Å². The fourth-order valence-electron chi connectivity index (χ4n) is 3.43. The molecule has 1 aromatic heterocycles. The van der Waals surface area contributed by atoms with E-state index >= 15 is 0 Å². The van der Waals surface area contributed by atoms with Gasteiger partial charge in [0.15, 0.2) is 5.82 Å². The second kappa shape index (κ2) is 7.15. The number of likely N-dealkylation sites (N-methyl/N-ethyl adjacent to an activating group) is 1. The van der Waals surface area contributed by atoms with Crippen LogP contribution in [-0.4, -0.2) is 62.9 Å². The average Bonchev–Trinajstić information content (AvgIpc) is 3.21. The van der Waals surface area contributed by atoms with Crippen molar-refractivity contribution in [2.75, 3.05) is 43.8 Å². The topological polar surface area (TPSA) is 91.6 Å². The van der Waals surface area contributed by atoms with Crippen LogP contribution in [0.15, 0.2) is 22.7 Å². The Bertz CT molecular complexity index is 901. The zero-order chi connectivity index (χ0) is 17.6. The molecule has 0 spiro atoms. The first-order valence-electron chi connectivity index (χ1n) is 8.29. The van der Waals surface area contributed by atoms with Crippen molar-refractivity contribution in [1.29, 1.82) is 0 Å². The van der Waals surface area contributed by atoms with E-state index in [9.17, 15) is 8.42 Å². The lowest BCUT2D eigenvalue weighted by atomic mass is 10.1. The third kappa shape index (κ3) is 3.44. The van der Waals surface area contributed by atoms with Gasteiger partial charge in [0.2, 0.25) is 10.0 Å². The first-order chi connectivity index (χ1) is 11.9. The molecule has 1 N–H and O–H groups in total. The largest absolute Gasteiger partial charge is 0.334 e. The number of piperazine rings is 1. The van der Waals surface area contributed by atoms with Gasteiger partial charge in [0.25, 0.3) is 5.89 Å². The quantitative estimate of drug-likeness (QED) is 0.824. The van der Waals surface area contributed by atoms with Crippen LogP contribution in [0.1, 0.15) is 17.4 Å². The van der Waals surface area contributed by atoms with Gasteiger partial charge in [0.05, 0.1) is 18.0 Å². The van der Waals surface area contributed by atoms with Crippen molar-refractivity contribution >= 4 is 28.1 Å². The zero-order valence-electron chi connectivity index (χ0n) is 14.7. The molecule has 142 valence electrons. The van der Waals surface area contributed by atoms with Crippen LogP contribution in [0, 0.1) is 0 Å². The summed E-state index contributed by atoms with van der Waals surface area (Å²) in [5.41, 5.74) is 2.54. The summed E-state index contributed by atoms with van der Waals surface area (Å²) in [4.78, 5) is 6.76. The van der Waals surface area contributed by atoms with Gasteiger partial charge in [-0.1, -0.05) is 5.16 Å². The normalized spacial score (nSPS) is 20.7. The maximum Gasteiger partial charge on any atom is 0.257 e. The SMILES string of the molecule is CN1CCNCC1c1noc(-c2ccc3c(c2)CCN3S(C)(=O)=O)n1.Cl. The lowest BCUT2D eigenvalue weighted by Crippen LogP contribution is -2.44. The summed E-state index contributed by atoms with van der Waals surface area (Å²) in [6.45, 7) is 3.17. The summed E-state index contributed by atoms with van der Waals surface area (Å²) in [7, 11) is -1.19. The Kier molecular flexibility index (Phi) is 5.25. The zero-order valence-corrected chi connectivity index (χ0v) is 16.3. The third-order valence-electron chi connectivity index (χ3n) is 4.83. The minimum absolute atomic E-state index is 0. The number of aromatic nitrogens is 2. The molecule has 3 heterocycles. The monoisotopic (exact) mass is 399 g/mol. The molecule has 0 radical (unpaired) electrons. The van der Waals surface area contributed by atoms with Gasteiger partial charge in [-0.3, -0.25) is 9.21 Å². The van der Waals surface area contributed by atoms with Gasteiger partial charge in [0.1, 0.15) is 0 Å². The highest BCUT2D eigenvalue weighted by Gasteiger charge is 2.28. The second-order valence-corrected chi connectivity index (χ2v) is 8.49. The minimum Gasteiger partial charge on any atom is -0.334 e. The molecule has 0 saturated carbocycles. The molecule has 8 nitrogen and oxygen atoms in total. The van der Waals surface area contributed by atoms with E-state index in [0.717, 1.165) is 36.4 Å². The second-order valence-electron chi connectivity index (χ2n) is 6.59. The van der Waals surface area contributed by atoms with Crippen molar-refractivity contribution < 1.29 is 12.9 Å². The van der Waals surface area contributed by atoms with Crippen molar-refractivity contribution in [3.63, 3.8) is 0 Å². The van der Waals surface area contributed by atoms with E-state index in [4.69, 9.17) is 4.52 Å². The number of benzene rings is 1. The lowest BCUT2D eigenvalue weighted by molar-refractivity contribution is 0.190. The third-order valence-corrected chi connectivity index (χ3v) is 6.01. The van der Waals surface area contributed by atoms with Crippen LogP contribution in [0.3, 0.4) is 0 Å². The maximum absolute atomic E-state index is 11.8. The van der Waals surface area contributed by atoms with E-state index in [1.165, 1.54) is 10.6 Å². The minimum atomic E-state index is -3.24. The van der Waals surface area contributed by atoms with E-state index in [1.807, 2.05) is 18.2 Å². The summed E-state index contributed by atoms with van der Waals surface area (Å²) in [6, 6.07) is 5.70. The van der Waals surface area contributed by atoms with E-state index in [0.29, 0.717) is 24.7 Å². The Hall–Kier alpha value is -1.68. The summed E-state index contributed by atoms with van der Waals surface area (Å²) < 4.78 is 30.6. The average molecular weight is 400 g/mol. The highest BCUT2D eigenvalue weighted by molar-refractivity contribution is 7.92. The van der Waals surface area contributed by atoms with Gasteiger partial charge in [0, 0.05) is 31.7 Å². The number of sulfonamides is 1. The molecule has 0 amide bonds. The Morgan fingerprint density at radius 3 is 2.85 bits per heavy atom. The van der Waals surface area contributed by atoms with E-state index in [1.54, 1.807) is 0 Å². The van der Waals surface area contributed by atoms with Crippen molar-refractivity contribution in [1.82, 2.24) is 20.4 Å². The predicted octanol–water partition coefficient (Wildman–Crippen LogP) is 1.06. The number of anilines is 1. The number of fused-ring (bicyclic) bond motifs is 1. The molecular weight excluding hydrogens is 378 g/mol. The van der Waals surface area contributed by atoms with E-state index in [-0.39, 0.29) is 18.4 Å². The summed E-state index contributed by atoms with van der Waals surface area (Å²) in [5, 5.41) is 7.48. The number of rotatable bonds is 3. The van der Waals surface area contributed by atoms with Gasteiger partial charge >= 0.3 is 0 Å². The summed E-state index contributed by atoms with van der Waals surface area (Å²) in [6.07, 6.45) is 1.92. The Balaban J connectivity index is 0.00000196. The molecule has 10 heteroatoms. The van der Waals surface area contributed by atoms with Crippen molar-refractivity contribution in [2.45, 2.75) is 12.5 Å². The molecule has 2 aliphatic heterocycles.